The van der Waals surface area contributed by atoms with E-state index in [9.17, 15) is 4.79 Å². The fraction of sp³-hybridized carbons (Fsp3) is 0.357. The highest BCUT2D eigenvalue weighted by Crippen LogP contribution is 2.14. The molecule has 1 aromatic carbocycles. The Hall–Kier alpha value is -1.61. The number of benzene rings is 1. The van der Waals surface area contributed by atoms with E-state index in [1.54, 1.807) is 24.3 Å². The van der Waals surface area contributed by atoms with Gasteiger partial charge in [-0.15, -0.1) is 6.58 Å². The average molecular weight is 233 g/mol. The molecule has 92 valence electrons. The van der Waals surface area contributed by atoms with E-state index in [-0.39, 0.29) is 18.4 Å². The van der Waals surface area contributed by atoms with E-state index >= 15 is 0 Å². The third-order valence-electron chi connectivity index (χ3n) is 2.51. The molecule has 0 heterocycles. The SMILES string of the molecule is C=C(C)CC(C)C(=O)Nc1ccc(CO)cc1. The molecule has 0 aromatic heterocycles. The first-order valence-corrected chi connectivity index (χ1v) is 5.68. The van der Waals surface area contributed by atoms with Gasteiger partial charge in [0.2, 0.25) is 5.91 Å². The van der Waals surface area contributed by atoms with E-state index in [0.717, 1.165) is 16.8 Å². The highest BCUT2D eigenvalue weighted by molar-refractivity contribution is 5.92. The van der Waals surface area contributed by atoms with Crippen LogP contribution in [0.1, 0.15) is 25.8 Å². The van der Waals surface area contributed by atoms with Crippen LogP contribution in [-0.2, 0) is 11.4 Å². The monoisotopic (exact) mass is 233 g/mol. The van der Waals surface area contributed by atoms with Crippen molar-refractivity contribution in [3.8, 4) is 0 Å². The predicted octanol–water partition coefficient (Wildman–Crippen LogP) is 2.72. The molecule has 17 heavy (non-hydrogen) atoms. The molecule has 0 aliphatic rings. The van der Waals surface area contributed by atoms with E-state index in [2.05, 4.69) is 11.9 Å². The minimum atomic E-state index is -0.0787. The highest BCUT2D eigenvalue weighted by atomic mass is 16.3. The fourth-order valence-electron chi connectivity index (χ4n) is 1.57. The van der Waals surface area contributed by atoms with Gasteiger partial charge in [0.05, 0.1) is 6.61 Å². The van der Waals surface area contributed by atoms with E-state index in [0.29, 0.717) is 6.42 Å². The predicted molar refractivity (Wildman–Crippen MR) is 69.6 cm³/mol. The average Bonchev–Trinajstić information content (AvgIpc) is 2.29. The third-order valence-corrected chi connectivity index (χ3v) is 2.51. The van der Waals surface area contributed by atoms with E-state index in [1.165, 1.54) is 0 Å². The second kappa shape index (κ2) is 6.21. The van der Waals surface area contributed by atoms with Crippen LogP contribution in [0.15, 0.2) is 36.4 Å². The maximum Gasteiger partial charge on any atom is 0.227 e. The van der Waals surface area contributed by atoms with Crippen LogP contribution in [-0.4, -0.2) is 11.0 Å². The standard InChI is InChI=1S/C14H19NO2/c1-10(2)8-11(3)14(17)15-13-6-4-12(9-16)5-7-13/h4-7,11,16H,1,8-9H2,2-3H3,(H,15,17). The van der Waals surface area contributed by atoms with Crippen LogP contribution in [0, 0.1) is 5.92 Å². The topological polar surface area (TPSA) is 49.3 Å². The van der Waals surface area contributed by atoms with Gasteiger partial charge in [-0.1, -0.05) is 24.6 Å². The van der Waals surface area contributed by atoms with Gasteiger partial charge in [-0.3, -0.25) is 4.79 Å². The van der Waals surface area contributed by atoms with Crippen molar-refractivity contribution in [3.05, 3.63) is 42.0 Å². The molecule has 0 saturated heterocycles. The summed E-state index contributed by atoms with van der Waals surface area (Å²) in [5.74, 6) is -0.0882. The molecule has 0 aliphatic heterocycles. The minimum absolute atomic E-state index is 0.00949. The zero-order chi connectivity index (χ0) is 12.8. The van der Waals surface area contributed by atoms with Gasteiger partial charge in [0.15, 0.2) is 0 Å². The summed E-state index contributed by atoms with van der Waals surface area (Å²) < 4.78 is 0. The quantitative estimate of drug-likeness (QED) is 0.768. The Morgan fingerprint density at radius 1 is 1.41 bits per heavy atom. The number of hydrogen-bond acceptors (Lipinski definition) is 2. The van der Waals surface area contributed by atoms with Crippen molar-refractivity contribution in [2.24, 2.45) is 5.92 Å². The van der Waals surface area contributed by atoms with Gasteiger partial charge < -0.3 is 10.4 Å². The number of aliphatic hydroxyl groups excluding tert-OH is 1. The molecular weight excluding hydrogens is 214 g/mol. The van der Waals surface area contributed by atoms with Crippen molar-refractivity contribution in [3.63, 3.8) is 0 Å². The summed E-state index contributed by atoms with van der Waals surface area (Å²) in [4.78, 5) is 11.8. The number of carbonyl (C=O) groups is 1. The van der Waals surface area contributed by atoms with Crippen molar-refractivity contribution in [1.29, 1.82) is 0 Å². The largest absolute Gasteiger partial charge is 0.392 e. The number of anilines is 1. The lowest BCUT2D eigenvalue weighted by Crippen LogP contribution is -2.20. The van der Waals surface area contributed by atoms with E-state index in [4.69, 9.17) is 5.11 Å². The Labute approximate surface area is 102 Å². The zero-order valence-electron chi connectivity index (χ0n) is 10.4. The summed E-state index contributed by atoms with van der Waals surface area (Å²) in [7, 11) is 0. The number of allylic oxidation sites excluding steroid dienone is 1. The van der Waals surface area contributed by atoms with Gasteiger partial charge >= 0.3 is 0 Å². The number of amides is 1. The van der Waals surface area contributed by atoms with Crippen molar-refractivity contribution in [2.45, 2.75) is 26.9 Å². The van der Waals surface area contributed by atoms with Gasteiger partial charge in [0, 0.05) is 11.6 Å². The summed E-state index contributed by atoms with van der Waals surface area (Å²) in [5.41, 5.74) is 2.59. The third kappa shape index (κ3) is 4.41. The van der Waals surface area contributed by atoms with Gasteiger partial charge in [-0.25, -0.2) is 0 Å². The second-order valence-corrected chi connectivity index (χ2v) is 4.41. The molecule has 3 heteroatoms. The van der Waals surface area contributed by atoms with Gasteiger partial charge in [-0.05, 0) is 31.0 Å². The Balaban J connectivity index is 2.58. The Morgan fingerprint density at radius 3 is 2.47 bits per heavy atom. The van der Waals surface area contributed by atoms with Crippen LogP contribution in [0.3, 0.4) is 0 Å². The van der Waals surface area contributed by atoms with Gasteiger partial charge in [0.1, 0.15) is 0 Å². The van der Waals surface area contributed by atoms with E-state index < -0.39 is 0 Å². The normalized spacial score (nSPS) is 11.9. The second-order valence-electron chi connectivity index (χ2n) is 4.41. The molecule has 1 amide bonds. The molecule has 1 atom stereocenters. The number of nitrogens with one attached hydrogen (secondary N) is 1. The first kappa shape index (κ1) is 13.5. The number of aliphatic hydroxyl groups is 1. The van der Waals surface area contributed by atoms with Crippen LogP contribution in [0.2, 0.25) is 0 Å². The molecule has 0 aliphatic carbocycles. The smallest absolute Gasteiger partial charge is 0.227 e. The summed E-state index contributed by atoms with van der Waals surface area (Å²) in [6.07, 6.45) is 0.695. The Morgan fingerprint density at radius 2 is 2.00 bits per heavy atom. The molecule has 0 fully saturated rings. The van der Waals surface area contributed by atoms with Crippen LogP contribution >= 0.6 is 0 Å². The Kier molecular flexibility index (Phi) is 4.91. The molecule has 3 nitrogen and oxygen atoms in total. The van der Waals surface area contributed by atoms with Gasteiger partial charge in [0.25, 0.3) is 0 Å². The lowest BCUT2D eigenvalue weighted by molar-refractivity contribution is -0.119. The minimum Gasteiger partial charge on any atom is -0.392 e. The van der Waals surface area contributed by atoms with Crippen molar-refractivity contribution >= 4 is 11.6 Å². The van der Waals surface area contributed by atoms with Crippen molar-refractivity contribution < 1.29 is 9.90 Å². The maximum absolute atomic E-state index is 11.8. The van der Waals surface area contributed by atoms with Crippen LogP contribution in [0.4, 0.5) is 5.69 Å². The summed E-state index contributed by atoms with van der Waals surface area (Å²) in [5, 5.41) is 11.7. The molecule has 0 bridgehead atoms. The lowest BCUT2D eigenvalue weighted by Gasteiger charge is -2.12. The lowest BCUT2D eigenvalue weighted by atomic mass is 10.0. The van der Waals surface area contributed by atoms with Crippen LogP contribution in [0.5, 0.6) is 0 Å². The zero-order valence-corrected chi connectivity index (χ0v) is 10.4. The molecule has 2 N–H and O–H groups in total. The highest BCUT2D eigenvalue weighted by Gasteiger charge is 2.12. The first-order chi connectivity index (χ1) is 8.02. The van der Waals surface area contributed by atoms with Crippen molar-refractivity contribution in [2.75, 3.05) is 5.32 Å². The number of hydrogen-bond donors (Lipinski definition) is 2. The van der Waals surface area contributed by atoms with E-state index in [1.807, 2.05) is 13.8 Å². The first-order valence-electron chi connectivity index (χ1n) is 5.68. The summed E-state index contributed by atoms with van der Waals surface area (Å²) >= 11 is 0. The summed E-state index contributed by atoms with van der Waals surface area (Å²) in [6, 6.07) is 7.16. The number of carbonyl (C=O) groups excluding carboxylic acids is 1. The van der Waals surface area contributed by atoms with Crippen LogP contribution in [0.25, 0.3) is 0 Å². The number of rotatable bonds is 5. The molecule has 1 aromatic rings. The molecule has 0 radical (unpaired) electrons. The molecule has 1 rings (SSSR count). The molecule has 0 saturated carbocycles. The fourth-order valence-corrected chi connectivity index (χ4v) is 1.57. The summed E-state index contributed by atoms with van der Waals surface area (Å²) in [6.45, 7) is 7.61. The maximum atomic E-state index is 11.8. The van der Waals surface area contributed by atoms with Gasteiger partial charge in [-0.2, -0.15) is 0 Å². The Bertz CT molecular complexity index is 395. The van der Waals surface area contributed by atoms with Crippen molar-refractivity contribution in [1.82, 2.24) is 0 Å². The molecule has 0 spiro atoms. The van der Waals surface area contributed by atoms with Crippen LogP contribution < -0.4 is 5.32 Å². The molecule has 1 unspecified atom stereocenters. The molecular formula is C14H19NO2.